The lowest BCUT2D eigenvalue weighted by Gasteiger charge is -2.01. The van der Waals surface area contributed by atoms with Crippen LogP contribution in [0, 0.1) is 12.7 Å². The van der Waals surface area contributed by atoms with Crippen molar-refractivity contribution in [2.45, 2.75) is 6.92 Å². The summed E-state index contributed by atoms with van der Waals surface area (Å²) in [6, 6.07) is 12.0. The number of benzene rings is 2. The number of hydrogen-bond donors (Lipinski definition) is 0. The molecule has 3 heteroatoms. The first-order chi connectivity index (χ1) is 8.18. The molecule has 0 saturated carbocycles. The third-order valence-electron chi connectivity index (χ3n) is 2.49. The predicted octanol–water partition coefficient (Wildman–Crippen LogP) is 4.54. The summed E-state index contributed by atoms with van der Waals surface area (Å²) in [6.45, 7) is 1.89. The molecule has 86 valence electrons. The van der Waals surface area contributed by atoms with Crippen LogP contribution in [0.4, 0.5) is 10.1 Å². The molecular formula is C14H11ClFN. The van der Waals surface area contributed by atoms with E-state index in [1.807, 2.05) is 19.1 Å². The van der Waals surface area contributed by atoms with Gasteiger partial charge in [-0.3, -0.25) is 4.99 Å². The summed E-state index contributed by atoms with van der Waals surface area (Å²) >= 11 is 5.98. The minimum atomic E-state index is -0.282. The molecule has 0 atom stereocenters. The molecule has 17 heavy (non-hydrogen) atoms. The molecule has 0 bridgehead atoms. The second-order valence-corrected chi connectivity index (χ2v) is 4.07. The molecule has 0 aliphatic heterocycles. The largest absolute Gasteiger partial charge is 0.256 e. The van der Waals surface area contributed by atoms with Crippen LogP contribution in [0.1, 0.15) is 11.1 Å². The Balaban J connectivity index is 2.33. The molecule has 0 fully saturated rings. The molecule has 2 aromatic carbocycles. The number of nitrogens with zero attached hydrogens (tertiary/aromatic N) is 1. The van der Waals surface area contributed by atoms with Gasteiger partial charge in [0.1, 0.15) is 5.82 Å². The molecule has 2 aromatic rings. The molecule has 0 aromatic heterocycles. The van der Waals surface area contributed by atoms with Gasteiger partial charge < -0.3 is 0 Å². The average Bonchev–Trinajstić information content (AvgIpc) is 2.33. The molecule has 0 saturated heterocycles. The fourth-order valence-electron chi connectivity index (χ4n) is 1.45. The summed E-state index contributed by atoms with van der Waals surface area (Å²) in [5, 5.41) is 0.660. The molecule has 1 nitrogen and oxygen atoms in total. The number of aliphatic imine (C=N–C) groups is 1. The van der Waals surface area contributed by atoms with Gasteiger partial charge in [0.25, 0.3) is 0 Å². The van der Waals surface area contributed by atoms with Crippen LogP contribution >= 0.6 is 11.6 Å². The highest BCUT2D eigenvalue weighted by Crippen LogP contribution is 2.25. The fraction of sp³-hybridized carbons (Fsp3) is 0.0714. The quantitative estimate of drug-likeness (QED) is 0.691. The normalized spacial score (nSPS) is 11.0. The van der Waals surface area contributed by atoms with Gasteiger partial charge in [0, 0.05) is 16.8 Å². The van der Waals surface area contributed by atoms with Crippen LogP contribution < -0.4 is 0 Å². The van der Waals surface area contributed by atoms with Crippen molar-refractivity contribution in [2.24, 2.45) is 4.99 Å². The van der Waals surface area contributed by atoms with Gasteiger partial charge in [-0.15, -0.1) is 0 Å². The molecule has 0 unspecified atom stereocenters. The minimum absolute atomic E-state index is 0.282. The predicted molar refractivity (Wildman–Crippen MR) is 69.8 cm³/mol. The zero-order valence-corrected chi connectivity index (χ0v) is 10.1. The summed E-state index contributed by atoms with van der Waals surface area (Å²) in [4.78, 5) is 4.25. The maximum absolute atomic E-state index is 13.4. The van der Waals surface area contributed by atoms with Gasteiger partial charge in [0.15, 0.2) is 0 Å². The van der Waals surface area contributed by atoms with Gasteiger partial charge in [0.2, 0.25) is 0 Å². The Morgan fingerprint density at radius 1 is 1.12 bits per heavy atom. The molecule has 0 spiro atoms. The maximum Gasteiger partial charge on any atom is 0.131 e. The zero-order valence-electron chi connectivity index (χ0n) is 9.32. The topological polar surface area (TPSA) is 12.4 Å². The highest BCUT2D eigenvalue weighted by Gasteiger charge is 2.00. The van der Waals surface area contributed by atoms with Crippen molar-refractivity contribution in [1.82, 2.24) is 0 Å². The third-order valence-corrected chi connectivity index (χ3v) is 2.90. The molecule has 0 aliphatic rings. The summed E-state index contributed by atoms with van der Waals surface area (Å²) in [5.74, 6) is -0.282. The molecule has 0 N–H and O–H groups in total. The monoisotopic (exact) mass is 247 g/mol. The van der Waals surface area contributed by atoms with Crippen LogP contribution in [-0.2, 0) is 0 Å². The Kier molecular flexibility index (Phi) is 3.55. The van der Waals surface area contributed by atoms with Gasteiger partial charge in [-0.2, -0.15) is 0 Å². The second kappa shape index (κ2) is 5.11. The van der Waals surface area contributed by atoms with Gasteiger partial charge >= 0.3 is 0 Å². The van der Waals surface area contributed by atoms with E-state index >= 15 is 0 Å². The van der Waals surface area contributed by atoms with Crippen LogP contribution in [0.3, 0.4) is 0 Å². The number of hydrogen-bond acceptors (Lipinski definition) is 1. The van der Waals surface area contributed by atoms with Crippen molar-refractivity contribution in [3.63, 3.8) is 0 Å². The first-order valence-electron chi connectivity index (χ1n) is 5.22. The highest BCUT2D eigenvalue weighted by atomic mass is 35.5. The SMILES string of the molecule is Cc1c(Cl)cccc1/N=C/c1ccccc1F. The smallest absolute Gasteiger partial charge is 0.131 e. The highest BCUT2D eigenvalue weighted by molar-refractivity contribution is 6.31. The van der Waals surface area contributed by atoms with Crippen molar-refractivity contribution >= 4 is 23.5 Å². The molecule has 0 radical (unpaired) electrons. The molecule has 0 aliphatic carbocycles. The molecule has 2 rings (SSSR count). The summed E-state index contributed by atoms with van der Waals surface area (Å²) in [5.41, 5.74) is 2.11. The Morgan fingerprint density at radius 3 is 2.65 bits per heavy atom. The van der Waals surface area contributed by atoms with E-state index in [-0.39, 0.29) is 5.82 Å². The summed E-state index contributed by atoms with van der Waals surface area (Å²) < 4.78 is 13.4. The molecule has 0 amide bonds. The van der Waals surface area contributed by atoms with Gasteiger partial charge in [-0.25, -0.2) is 4.39 Å². The summed E-state index contributed by atoms with van der Waals surface area (Å²) in [7, 11) is 0. The van der Waals surface area contributed by atoms with Crippen LogP contribution in [0.5, 0.6) is 0 Å². The van der Waals surface area contributed by atoms with Crippen molar-refractivity contribution in [3.8, 4) is 0 Å². The van der Waals surface area contributed by atoms with Crippen LogP contribution in [-0.4, -0.2) is 6.21 Å². The van der Waals surface area contributed by atoms with E-state index in [0.717, 1.165) is 11.3 Å². The number of rotatable bonds is 2. The average molecular weight is 248 g/mol. The van der Waals surface area contributed by atoms with Gasteiger partial charge in [0.05, 0.1) is 5.69 Å². The third kappa shape index (κ3) is 2.71. The van der Waals surface area contributed by atoms with Gasteiger partial charge in [-0.1, -0.05) is 35.9 Å². The lowest BCUT2D eigenvalue weighted by atomic mass is 10.2. The van der Waals surface area contributed by atoms with Crippen LogP contribution in [0.15, 0.2) is 47.5 Å². The fourth-order valence-corrected chi connectivity index (χ4v) is 1.62. The van der Waals surface area contributed by atoms with Gasteiger partial charge in [-0.05, 0) is 30.7 Å². The molecule has 0 heterocycles. The summed E-state index contributed by atoms with van der Waals surface area (Å²) in [6.07, 6.45) is 1.51. The Morgan fingerprint density at radius 2 is 1.88 bits per heavy atom. The first-order valence-corrected chi connectivity index (χ1v) is 5.60. The van der Waals surface area contributed by atoms with Crippen molar-refractivity contribution < 1.29 is 4.39 Å². The minimum Gasteiger partial charge on any atom is -0.256 e. The van der Waals surface area contributed by atoms with E-state index in [1.54, 1.807) is 24.3 Å². The van der Waals surface area contributed by atoms with E-state index in [1.165, 1.54) is 12.3 Å². The van der Waals surface area contributed by atoms with Crippen molar-refractivity contribution in [3.05, 3.63) is 64.4 Å². The van der Waals surface area contributed by atoms with Crippen LogP contribution in [0.2, 0.25) is 5.02 Å². The van der Waals surface area contributed by atoms with Crippen molar-refractivity contribution in [1.29, 1.82) is 0 Å². The molecular weight excluding hydrogens is 237 g/mol. The van der Waals surface area contributed by atoms with E-state index in [2.05, 4.69) is 4.99 Å². The van der Waals surface area contributed by atoms with E-state index < -0.39 is 0 Å². The lowest BCUT2D eigenvalue weighted by Crippen LogP contribution is -1.86. The Labute approximate surface area is 105 Å². The second-order valence-electron chi connectivity index (χ2n) is 3.66. The van der Waals surface area contributed by atoms with Crippen LogP contribution in [0.25, 0.3) is 0 Å². The lowest BCUT2D eigenvalue weighted by molar-refractivity contribution is 0.626. The standard InChI is InChI=1S/C14H11ClFN/c1-10-12(15)6-4-8-14(10)17-9-11-5-2-3-7-13(11)16/h2-9H,1H3/b17-9+. The van der Waals surface area contributed by atoms with Crippen molar-refractivity contribution in [2.75, 3.05) is 0 Å². The van der Waals surface area contributed by atoms with E-state index in [4.69, 9.17) is 11.6 Å². The van der Waals surface area contributed by atoms with E-state index in [0.29, 0.717) is 10.6 Å². The Hall–Kier alpha value is -1.67. The van der Waals surface area contributed by atoms with E-state index in [9.17, 15) is 4.39 Å². The zero-order chi connectivity index (χ0) is 12.3. The maximum atomic E-state index is 13.4. The first kappa shape index (κ1) is 11.8. The Bertz CT molecular complexity index is 564. The number of halogens is 2.